The molecule has 0 heterocycles. The van der Waals surface area contributed by atoms with Crippen molar-refractivity contribution >= 4 is 31.9 Å². The van der Waals surface area contributed by atoms with Gasteiger partial charge in [0.2, 0.25) is 0 Å². The van der Waals surface area contributed by atoms with Gasteiger partial charge in [-0.3, -0.25) is 0 Å². The zero-order valence-corrected chi connectivity index (χ0v) is 14.4. The van der Waals surface area contributed by atoms with Crippen molar-refractivity contribution in [2.45, 2.75) is 6.04 Å². The molecule has 0 radical (unpaired) electrons. The van der Waals surface area contributed by atoms with Crippen LogP contribution in [0.1, 0.15) is 17.2 Å². The van der Waals surface area contributed by atoms with E-state index in [-0.39, 0.29) is 6.04 Å². The number of methoxy groups -OCH3 is 2. The summed E-state index contributed by atoms with van der Waals surface area (Å²) in [5, 5.41) is 0. The van der Waals surface area contributed by atoms with E-state index >= 15 is 0 Å². The summed E-state index contributed by atoms with van der Waals surface area (Å²) in [6.07, 6.45) is 0. The Bertz CT molecular complexity index is 617. The second kappa shape index (κ2) is 6.61. The molecular weight excluding hydrogens is 386 g/mol. The summed E-state index contributed by atoms with van der Waals surface area (Å²) in [5.41, 5.74) is 8.27. The lowest BCUT2D eigenvalue weighted by atomic mass is 9.99. The molecule has 2 rings (SSSR count). The van der Waals surface area contributed by atoms with Gasteiger partial charge in [-0.25, -0.2) is 0 Å². The van der Waals surface area contributed by atoms with E-state index in [0.29, 0.717) is 0 Å². The number of ether oxygens (including phenoxy) is 2. The van der Waals surface area contributed by atoms with Crippen molar-refractivity contribution in [1.82, 2.24) is 0 Å². The highest BCUT2D eigenvalue weighted by molar-refractivity contribution is 9.10. The van der Waals surface area contributed by atoms with E-state index in [9.17, 15) is 0 Å². The fourth-order valence-corrected chi connectivity index (χ4v) is 2.90. The topological polar surface area (TPSA) is 44.5 Å². The standard InChI is InChI=1S/C15H15Br2NO2/c1-19-13-6-3-9(7-12(13)17)15(18)11-5-4-10(16)8-14(11)20-2/h3-8,15H,18H2,1-2H3. The van der Waals surface area contributed by atoms with Gasteiger partial charge in [-0.15, -0.1) is 0 Å². The molecule has 0 spiro atoms. The van der Waals surface area contributed by atoms with Crippen LogP contribution in [0, 0.1) is 0 Å². The van der Waals surface area contributed by atoms with Crippen LogP contribution in [0.2, 0.25) is 0 Å². The molecule has 106 valence electrons. The van der Waals surface area contributed by atoms with Crippen molar-refractivity contribution in [3.8, 4) is 11.5 Å². The Morgan fingerprint density at radius 2 is 1.65 bits per heavy atom. The van der Waals surface area contributed by atoms with Gasteiger partial charge in [-0.05, 0) is 45.8 Å². The Balaban J connectivity index is 2.40. The van der Waals surface area contributed by atoms with E-state index in [2.05, 4.69) is 31.9 Å². The summed E-state index contributed by atoms with van der Waals surface area (Å²) in [7, 11) is 3.28. The molecule has 0 saturated heterocycles. The van der Waals surface area contributed by atoms with Gasteiger partial charge in [0, 0.05) is 10.0 Å². The lowest BCUT2D eigenvalue weighted by molar-refractivity contribution is 0.407. The molecule has 0 saturated carbocycles. The Morgan fingerprint density at radius 3 is 2.25 bits per heavy atom. The molecule has 0 aromatic heterocycles. The Labute approximate surface area is 135 Å². The van der Waals surface area contributed by atoms with Crippen LogP contribution < -0.4 is 15.2 Å². The molecule has 0 fully saturated rings. The van der Waals surface area contributed by atoms with Crippen molar-refractivity contribution in [2.24, 2.45) is 5.73 Å². The third-order valence-electron chi connectivity index (χ3n) is 3.07. The average Bonchev–Trinajstić information content (AvgIpc) is 2.46. The van der Waals surface area contributed by atoms with Gasteiger partial charge in [0.15, 0.2) is 0 Å². The van der Waals surface area contributed by atoms with Crippen LogP contribution in [0.3, 0.4) is 0 Å². The highest BCUT2D eigenvalue weighted by Gasteiger charge is 2.15. The molecule has 0 aliphatic rings. The zero-order chi connectivity index (χ0) is 14.7. The molecule has 5 heteroatoms. The minimum Gasteiger partial charge on any atom is -0.496 e. The molecule has 0 aliphatic heterocycles. The van der Waals surface area contributed by atoms with Crippen LogP contribution in [-0.4, -0.2) is 14.2 Å². The van der Waals surface area contributed by atoms with Gasteiger partial charge < -0.3 is 15.2 Å². The average molecular weight is 401 g/mol. The number of halogens is 2. The molecule has 2 aromatic rings. The van der Waals surface area contributed by atoms with E-state index in [1.165, 1.54) is 0 Å². The van der Waals surface area contributed by atoms with Crippen LogP contribution in [0.5, 0.6) is 11.5 Å². The third kappa shape index (κ3) is 3.16. The van der Waals surface area contributed by atoms with Crippen LogP contribution in [-0.2, 0) is 0 Å². The Kier molecular flexibility index (Phi) is 5.07. The van der Waals surface area contributed by atoms with E-state index in [1.54, 1.807) is 14.2 Å². The van der Waals surface area contributed by atoms with Crippen molar-refractivity contribution in [3.05, 3.63) is 56.5 Å². The maximum atomic E-state index is 6.35. The summed E-state index contributed by atoms with van der Waals surface area (Å²) in [6.45, 7) is 0. The summed E-state index contributed by atoms with van der Waals surface area (Å²) in [4.78, 5) is 0. The quantitative estimate of drug-likeness (QED) is 0.832. The minimum absolute atomic E-state index is 0.264. The van der Waals surface area contributed by atoms with E-state index < -0.39 is 0 Å². The number of hydrogen-bond donors (Lipinski definition) is 1. The summed E-state index contributed by atoms with van der Waals surface area (Å²) >= 11 is 6.90. The first-order valence-electron chi connectivity index (χ1n) is 5.99. The van der Waals surface area contributed by atoms with Crippen LogP contribution in [0.25, 0.3) is 0 Å². The molecule has 2 aromatic carbocycles. The van der Waals surface area contributed by atoms with Crippen LogP contribution >= 0.6 is 31.9 Å². The molecule has 3 nitrogen and oxygen atoms in total. The lowest BCUT2D eigenvalue weighted by Crippen LogP contribution is -2.13. The zero-order valence-electron chi connectivity index (χ0n) is 11.2. The maximum absolute atomic E-state index is 6.35. The fraction of sp³-hybridized carbons (Fsp3) is 0.200. The fourth-order valence-electron chi connectivity index (χ4n) is 2.00. The van der Waals surface area contributed by atoms with Crippen molar-refractivity contribution in [2.75, 3.05) is 14.2 Å². The van der Waals surface area contributed by atoms with Gasteiger partial charge in [0.1, 0.15) is 11.5 Å². The van der Waals surface area contributed by atoms with Gasteiger partial charge in [0.05, 0.1) is 24.7 Å². The predicted octanol–water partition coefficient (Wildman–Crippen LogP) is 4.28. The molecular formula is C15H15Br2NO2. The predicted molar refractivity (Wildman–Crippen MR) is 87.4 cm³/mol. The van der Waals surface area contributed by atoms with Crippen molar-refractivity contribution < 1.29 is 9.47 Å². The molecule has 1 unspecified atom stereocenters. The molecule has 20 heavy (non-hydrogen) atoms. The highest BCUT2D eigenvalue weighted by atomic mass is 79.9. The lowest BCUT2D eigenvalue weighted by Gasteiger charge is -2.17. The molecule has 2 N–H and O–H groups in total. The first-order chi connectivity index (χ1) is 9.56. The largest absolute Gasteiger partial charge is 0.496 e. The maximum Gasteiger partial charge on any atom is 0.133 e. The molecule has 0 bridgehead atoms. The van der Waals surface area contributed by atoms with Crippen LogP contribution in [0.15, 0.2) is 45.3 Å². The second-order valence-corrected chi connectivity index (χ2v) is 6.03. The number of benzene rings is 2. The van der Waals surface area contributed by atoms with Gasteiger partial charge in [-0.1, -0.05) is 28.1 Å². The van der Waals surface area contributed by atoms with E-state index in [4.69, 9.17) is 15.2 Å². The van der Waals surface area contributed by atoms with E-state index in [1.807, 2.05) is 36.4 Å². The number of nitrogens with two attached hydrogens (primary N) is 1. The Morgan fingerprint density at radius 1 is 0.950 bits per heavy atom. The third-order valence-corrected chi connectivity index (χ3v) is 4.18. The summed E-state index contributed by atoms with van der Waals surface area (Å²) < 4.78 is 12.5. The first-order valence-corrected chi connectivity index (χ1v) is 7.58. The Hall–Kier alpha value is -1.04. The minimum atomic E-state index is -0.264. The highest BCUT2D eigenvalue weighted by Crippen LogP contribution is 2.34. The number of rotatable bonds is 4. The monoisotopic (exact) mass is 399 g/mol. The smallest absolute Gasteiger partial charge is 0.133 e. The van der Waals surface area contributed by atoms with Gasteiger partial charge in [-0.2, -0.15) is 0 Å². The van der Waals surface area contributed by atoms with Gasteiger partial charge >= 0.3 is 0 Å². The van der Waals surface area contributed by atoms with Crippen LogP contribution in [0.4, 0.5) is 0 Å². The molecule has 0 aliphatic carbocycles. The second-order valence-electron chi connectivity index (χ2n) is 4.26. The number of hydrogen-bond acceptors (Lipinski definition) is 3. The van der Waals surface area contributed by atoms with Crippen molar-refractivity contribution in [3.63, 3.8) is 0 Å². The normalized spacial score (nSPS) is 12.1. The molecule has 1 atom stereocenters. The molecule has 0 amide bonds. The summed E-state index contributed by atoms with van der Waals surface area (Å²) in [5.74, 6) is 1.54. The first kappa shape index (κ1) is 15.4. The van der Waals surface area contributed by atoms with Crippen molar-refractivity contribution in [1.29, 1.82) is 0 Å². The van der Waals surface area contributed by atoms with Gasteiger partial charge in [0.25, 0.3) is 0 Å². The summed E-state index contributed by atoms with van der Waals surface area (Å²) in [6, 6.07) is 11.4. The SMILES string of the molecule is COc1ccc(C(N)c2ccc(Br)cc2OC)cc1Br. The van der Waals surface area contributed by atoms with E-state index in [0.717, 1.165) is 31.6 Å².